The average molecular weight is 237 g/mol. The van der Waals surface area contributed by atoms with Crippen molar-refractivity contribution in [1.82, 2.24) is 10.3 Å². The molecule has 0 unspecified atom stereocenters. The largest absolute Gasteiger partial charge is 0.464 e. The highest BCUT2D eigenvalue weighted by atomic mass is 16.5. The number of nitrogens with zero attached hydrogens (tertiary/aromatic N) is 1. The Hall–Kier alpha value is -1.66. The van der Waals surface area contributed by atoms with E-state index in [2.05, 4.69) is 15.0 Å². The van der Waals surface area contributed by atoms with E-state index < -0.39 is 5.97 Å². The summed E-state index contributed by atoms with van der Waals surface area (Å²) >= 11 is 0. The van der Waals surface area contributed by atoms with Crippen molar-refractivity contribution < 1.29 is 14.3 Å². The Kier molecular flexibility index (Phi) is 3.55. The summed E-state index contributed by atoms with van der Waals surface area (Å²) in [4.78, 5) is 15.3. The van der Waals surface area contributed by atoms with Gasteiger partial charge in [-0.1, -0.05) is 0 Å². The monoisotopic (exact) mass is 237 g/mol. The van der Waals surface area contributed by atoms with E-state index in [0.29, 0.717) is 18.9 Å². The van der Waals surface area contributed by atoms with Crippen LogP contribution in [0.15, 0.2) is 12.3 Å². The van der Waals surface area contributed by atoms with Gasteiger partial charge in [0, 0.05) is 6.54 Å². The molecule has 1 saturated heterocycles. The fourth-order valence-electron chi connectivity index (χ4n) is 1.76. The molecule has 17 heavy (non-hydrogen) atoms. The lowest BCUT2D eigenvalue weighted by atomic mass is 10.1. The zero-order chi connectivity index (χ0) is 12.3. The lowest BCUT2D eigenvalue weighted by Crippen LogP contribution is -2.35. The van der Waals surface area contributed by atoms with Crippen LogP contribution in [0.4, 0.5) is 5.69 Å². The highest BCUT2D eigenvalue weighted by Gasteiger charge is 2.20. The average Bonchev–Trinajstić information content (AvgIpc) is 2.39. The summed E-state index contributed by atoms with van der Waals surface area (Å²) in [5.41, 5.74) is 7.47. The summed E-state index contributed by atoms with van der Waals surface area (Å²) in [6, 6.07) is 1.64. The molecule has 0 spiro atoms. The summed E-state index contributed by atoms with van der Waals surface area (Å²) in [7, 11) is 1.32. The van der Waals surface area contributed by atoms with Crippen molar-refractivity contribution >= 4 is 11.7 Å². The van der Waals surface area contributed by atoms with Crippen molar-refractivity contribution in [2.24, 2.45) is 0 Å². The lowest BCUT2D eigenvalue weighted by Gasteiger charge is -2.25. The molecule has 1 aromatic rings. The third-order valence-corrected chi connectivity index (χ3v) is 2.66. The first kappa shape index (κ1) is 11.8. The molecule has 0 aliphatic carbocycles. The molecule has 92 valence electrons. The molecule has 0 aromatic carbocycles. The van der Waals surface area contributed by atoms with E-state index in [1.165, 1.54) is 13.3 Å². The van der Waals surface area contributed by atoms with E-state index in [4.69, 9.17) is 10.5 Å². The van der Waals surface area contributed by atoms with Crippen LogP contribution >= 0.6 is 0 Å². The van der Waals surface area contributed by atoms with Gasteiger partial charge in [-0.3, -0.25) is 0 Å². The Morgan fingerprint density at radius 3 is 3.18 bits per heavy atom. The maximum absolute atomic E-state index is 11.4. The number of nitrogen functional groups attached to an aromatic ring is 1. The zero-order valence-electron chi connectivity index (χ0n) is 9.60. The van der Waals surface area contributed by atoms with Gasteiger partial charge in [-0.2, -0.15) is 0 Å². The molecule has 0 radical (unpaired) electrons. The fourth-order valence-corrected chi connectivity index (χ4v) is 1.76. The predicted octanol–water partition coefficient (Wildman–Crippen LogP) is 0.111. The molecule has 6 nitrogen and oxygen atoms in total. The van der Waals surface area contributed by atoms with Gasteiger partial charge in [0.15, 0.2) is 0 Å². The standard InChI is InChI=1S/C11H15N3O3/c1-16-11(15)9-4-7(8(12)5-14-9)10-6-17-3-2-13-10/h4-5,10,13H,2-3,6,12H2,1H3/t10-/m1/s1. The maximum atomic E-state index is 11.4. The Balaban J connectivity index is 2.28. The van der Waals surface area contributed by atoms with E-state index in [9.17, 15) is 4.79 Å². The Bertz CT molecular complexity index is 416. The van der Waals surface area contributed by atoms with Gasteiger partial charge in [-0.05, 0) is 11.6 Å². The summed E-state index contributed by atoms with van der Waals surface area (Å²) in [5.74, 6) is -0.469. The van der Waals surface area contributed by atoms with Crippen LogP contribution in [0.5, 0.6) is 0 Å². The quantitative estimate of drug-likeness (QED) is 0.710. The number of nitrogens with one attached hydrogen (secondary N) is 1. The number of morpholine rings is 1. The number of hydrogen-bond acceptors (Lipinski definition) is 6. The predicted molar refractivity (Wildman–Crippen MR) is 61.6 cm³/mol. The lowest BCUT2D eigenvalue weighted by molar-refractivity contribution is 0.0592. The number of hydrogen-bond donors (Lipinski definition) is 2. The van der Waals surface area contributed by atoms with Crippen molar-refractivity contribution in [1.29, 1.82) is 0 Å². The van der Waals surface area contributed by atoms with E-state index in [-0.39, 0.29) is 11.7 Å². The van der Waals surface area contributed by atoms with Gasteiger partial charge >= 0.3 is 5.97 Å². The molecule has 1 aromatic heterocycles. The van der Waals surface area contributed by atoms with E-state index in [1.807, 2.05) is 0 Å². The summed E-state index contributed by atoms with van der Waals surface area (Å²) in [5, 5.41) is 3.28. The molecular formula is C11H15N3O3. The van der Waals surface area contributed by atoms with Crippen molar-refractivity contribution in [3.05, 3.63) is 23.5 Å². The second-order valence-corrected chi connectivity index (χ2v) is 3.77. The minimum absolute atomic E-state index is 0.00449. The summed E-state index contributed by atoms with van der Waals surface area (Å²) < 4.78 is 9.99. The molecule has 2 heterocycles. The highest BCUT2D eigenvalue weighted by molar-refractivity contribution is 5.87. The second kappa shape index (κ2) is 5.11. The number of esters is 1. The Morgan fingerprint density at radius 2 is 2.53 bits per heavy atom. The minimum atomic E-state index is -0.469. The molecule has 0 saturated carbocycles. The van der Waals surface area contributed by atoms with Gasteiger partial charge in [0.1, 0.15) is 5.69 Å². The van der Waals surface area contributed by atoms with Crippen molar-refractivity contribution in [3.8, 4) is 0 Å². The molecule has 3 N–H and O–H groups in total. The third kappa shape index (κ3) is 2.54. The molecule has 0 amide bonds. The first-order valence-electron chi connectivity index (χ1n) is 5.37. The van der Waals surface area contributed by atoms with Crippen LogP contribution in [0.3, 0.4) is 0 Å². The number of methoxy groups -OCH3 is 1. The number of ether oxygens (including phenoxy) is 2. The first-order valence-corrected chi connectivity index (χ1v) is 5.37. The number of pyridine rings is 1. The van der Waals surface area contributed by atoms with E-state index in [0.717, 1.165) is 12.1 Å². The van der Waals surface area contributed by atoms with Gasteiger partial charge < -0.3 is 20.5 Å². The van der Waals surface area contributed by atoms with E-state index in [1.54, 1.807) is 6.07 Å². The number of carbonyl (C=O) groups excluding carboxylic acids is 1. The SMILES string of the molecule is COC(=O)c1cc([C@H]2COCCN2)c(N)cn1. The Morgan fingerprint density at radius 1 is 1.71 bits per heavy atom. The van der Waals surface area contributed by atoms with Crippen molar-refractivity contribution in [3.63, 3.8) is 0 Å². The molecule has 0 bridgehead atoms. The van der Waals surface area contributed by atoms with Crippen molar-refractivity contribution in [2.45, 2.75) is 6.04 Å². The van der Waals surface area contributed by atoms with Gasteiger partial charge in [0.05, 0.1) is 38.2 Å². The van der Waals surface area contributed by atoms with Crippen LogP contribution in [0.25, 0.3) is 0 Å². The molecule has 1 aliphatic heterocycles. The highest BCUT2D eigenvalue weighted by Crippen LogP contribution is 2.22. The van der Waals surface area contributed by atoms with Crippen LogP contribution in [-0.4, -0.2) is 37.8 Å². The molecule has 1 atom stereocenters. The molecule has 2 rings (SSSR count). The molecule has 1 fully saturated rings. The summed E-state index contributed by atoms with van der Waals surface area (Å²) in [6.07, 6.45) is 1.47. The number of anilines is 1. The number of carbonyl (C=O) groups is 1. The topological polar surface area (TPSA) is 86.5 Å². The van der Waals surface area contributed by atoms with Crippen LogP contribution in [-0.2, 0) is 9.47 Å². The van der Waals surface area contributed by atoms with Crippen LogP contribution in [0, 0.1) is 0 Å². The third-order valence-electron chi connectivity index (χ3n) is 2.66. The molecular weight excluding hydrogens is 222 g/mol. The van der Waals surface area contributed by atoms with Crippen molar-refractivity contribution in [2.75, 3.05) is 32.6 Å². The first-order chi connectivity index (χ1) is 8.22. The molecule has 6 heteroatoms. The van der Waals surface area contributed by atoms with Crippen LogP contribution < -0.4 is 11.1 Å². The number of rotatable bonds is 2. The van der Waals surface area contributed by atoms with Gasteiger partial charge in [0.2, 0.25) is 0 Å². The van der Waals surface area contributed by atoms with Gasteiger partial charge in [0.25, 0.3) is 0 Å². The van der Waals surface area contributed by atoms with Gasteiger partial charge in [-0.25, -0.2) is 9.78 Å². The summed E-state index contributed by atoms with van der Waals surface area (Å²) in [6.45, 7) is 1.99. The van der Waals surface area contributed by atoms with Gasteiger partial charge in [-0.15, -0.1) is 0 Å². The maximum Gasteiger partial charge on any atom is 0.356 e. The normalized spacial score (nSPS) is 19.9. The smallest absolute Gasteiger partial charge is 0.356 e. The van der Waals surface area contributed by atoms with E-state index >= 15 is 0 Å². The minimum Gasteiger partial charge on any atom is -0.464 e. The molecule has 1 aliphatic rings. The van der Waals surface area contributed by atoms with Crippen LogP contribution in [0.2, 0.25) is 0 Å². The van der Waals surface area contributed by atoms with Crippen LogP contribution in [0.1, 0.15) is 22.1 Å². The fraction of sp³-hybridized carbons (Fsp3) is 0.455. The number of aromatic nitrogens is 1. The number of nitrogens with two attached hydrogens (primary N) is 1. The zero-order valence-corrected chi connectivity index (χ0v) is 9.60. The second-order valence-electron chi connectivity index (χ2n) is 3.77. The Labute approximate surface area is 99.1 Å².